The summed E-state index contributed by atoms with van der Waals surface area (Å²) in [6, 6.07) is 15.2. The number of hydrogen-bond donors (Lipinski definition) is 2. The number of para-hydroxylation sites is 1. The van der Waals surface area contributed by atoms with Gasteiger partial charge in [-0.05, 0) is 30.5 Å². The maximum absolute atomic E-state index is 13.6. The molecule has 2 aromatic rings. The molecule has 0 bridgehead atoms. The van der Waals surface area contributed by atoms with Gasteiger partial charge in [-0.3, -0.25) is 4.79 Å². The average molecular weight is 367 g/mol. The molecule has 0 radical (unpaired) electrons. The zero-order chi connectivity index (χ0) is 17.4. The van der Waals surface area contributed by atoms with Crippen molar-refractivity contribution in [1.82, 2.24) is 5.32 Å². The standard InChI is InChI=1S/C19H23FN2O2.ClH/c1-2-15(24-18-11-7-6-10-16(18)20)13-22-19(23)17(21)12-14-8-4-3-5-9-14;/h3-11,15,17H,2,12-13,21H2,1H3,(H,22,23);1H/t15?,17-;/m0./s1. The van der Waals surface area contributed by atoms with E-state index in [1.807, 2.05) is 37.3 Å². The average Bonchev–Trinajstić information content (AvgIpc) is 2.60. The molecular formula is C19H24ClFN2O2. The molecule has 2 rings (SSSR count). The summed E-state index contributed by atoms with van der Waals surface area (Å²) in [7, 11) is 0. The van der Waals surface area contributed by atoms with Gasteiger partial charge < -0.3 is 15.8 Å². The molecule has 3 N–H and O–H groups in total. The van der Waals surface area contributed by atoms with E-state index in [4.69, 9.17) is 10.5 Å². The van der Waals surface area contributed by atoms with Crippen molar-refractivity contribution in [2.45, 2.75) is 31.9 Å². The molecule has 136 valence electrons. The van der Waals surface area contributed by atoms with Crippen LogP contribution in [0.5, 0.6) is 5.75 Å². The zero-order valence-corrected chi connectivity index (χ0v) is 15.0. The predicted octanol–water partition coefficient (Wildman–Crippen LogP) is 3.09. The van der Waals surface area contributed by atoms with Crippen LogP contribution in [0, 0.1) is 5.82 Å². The van der Waals surface area contributed by atoms with Crippen molar-refractivity contribution < 1.29 is 13.9 Å². The fourth-order valence-corrected chi connectivity index (χ4v) is 2.30. The van der Waals surface area contributed by atoms with Crippen LogP contribution in [0.25, 0.3) is 0 Å². The van der Waals surface area contributed by atoms with Crippen LogP contribution >= 0.6 is 12.4 Å². The molecule has 0 fully saturated rings. The number of nitrogens with one attached hydrogen (secondary N) is 1. The van der Waals surface area contributed by atoms with Gasteiger partial charge in [0.05, 0.1) is 12.6 Å². The van der Waals surface area contributed by atoms with Crippen LogP contribution in [-0.4, -0.2) is 24.6 Å². The van der Waals surface area contributed by atoms with E-state index in [1.54, 1.807) is 18.2 Å². The fraction of sp³-hybridized carbons (Fsp3) is 0.316. The Hall–Kier alpha value is -2.11. The number of carbonyl (C=O) groups excluding carboxylic acids is 1. The number of nitrogens with two attached hydrogens (primary N) is 1. The summed E-state index contributed by atoms with van der Waals surface area (Å²) < 4.78 is 19.2. The molecule has 0 aliphatic heterocycles. The van der Waals surface area contributed by atoms with Gasteiger partial charge in [0.25, 0.3) is 0 Å². The van der Waals surface area contributed by atoms with Crippen LogP contribution in [0.2, 0.25) is 0 Å². The van der Waals surface area contributed by atoms with Crippen LogP contribution in [-0.2, 0) is 11.2 Å². The largest absolute Gasteiger partial charge is 0.486 e. The minimum Gasteiger partial charge on any atom is -0.486 e. The lowest BCUT2D eigenvalue weighted by Crippen LogP contribution is -2.45. The van der Waals surface area contributed by atoms with Crippen molar-refractivity contribution in [3.8, 4) is 5.75 Å². The molecule has 0 aromatic heterocycles. The second-order valence-corrected chi connectivity index (χ2v) is 5.62. The lowest BCUT2D eigenvalue weighted by molar-refractivity contribution is -0.122. The van der Waals surface area contributed by atoms with E-state index in [0.29, 0.717) is 12.8 Å². The molecule has 1 amide bonds. The van der Waals surface area contributed by atoms with E-state index in [-0.39, 0.29) is 36.7 Å². The lowest BCUT2D eigenvalue weighted by Gasteiger charge is -2.20. The smallest absolute Gasteiger partial charge is 0.237 e. The summed E-state index contributed by atoms with van der Waals surface area (Å²) in [5, 5.41) is 2.78. The van der Waals surface area contributed by atoms with Gasteiger partial charge in [-0.2, -0.15) is 0 Å². The Morgan fingerprint density at radius 1 is 1.16 bits per heavy atom. The monoisotopic (exact) mass is 366 g/mol. The third-order valence-electron chi connectivity index (χ3n) is 3.72. The zero-order valence-electron chi connectivity index (χ0n) is 14.2. The van der Waals surface area contributed by atoms with Gasteiger partial charge in [0.2, 0.25) is 5.91 Å². The quantitative estimate of drug-likeness (QED) is 0.754. The SMILES string of the molecule is CCC(CNC(=O)[C@@H](N)Cc1ccccc1)Oc1ccccc1F.Cl. The maximum Gasteiger partial charge on any atom is 0.237 e. The molecule has 0 aliphatic carbocycles. The van der Waals surface area contributed by atoms with E-state index in [2.05, 4.69) is 5.32 Å². The van der Waals surface area contributed by atoms with E-state index in [9.17, 15) is 9.18 Å². The molecule has 0 saturated heterocycles. The maximum atomic E-state index is 13.6. The highest BCUT2D eigenvalue weighted by Gasteiger charge is 2.17. The lowest BCUT2D eigenvalue weighted by atomic mass is 10.1. The van der Waals surface area contributed by atoms with Gasteiger partial charge in [-0.25, -0.2) is 4.39 Å². The second kappa shape index (κ2) is 10.7. The number of amides is 1. The third kappa shape index (κ3) is 6.72. The number of benzene rings is 2. The highest BCUT2D eigenvalue weighted by atomic mass is 35.5. The van der Waals surface area contributed by atoms with Crippen LogP contribution in [0.3, 0.4) is 0 Å². The van der Waals surface area contributed by atoms with E-state index in [0.717, 1.165) is 5.56 Å². The molecule has 2 aromatic carbocycles. The third-order valence-corrected chi connectivity index (χ3v) is 3.72. The summed E-state index contributed by atoms with van der Waals surface area (Å²) in [6.45, 7) is 2.20. The fourth-order valence-electron chi connectivity index (χ4n) is 2.30. The molecule has 1 unspecified atom stereocenters. The van der Waals surface area contributed by atoms with Gasteiger partial charge in [0, 0.05) is 0 Å². The Morgan fingerprint density at radius 2 is 1.80 bits per heavy atom. The van der Waals surface area contributed by atoms with Gasteiger partial charge in [0.1, 0.15) is 6.10 Å². The first-order chi connectivity index (χ1) is 11.6. The number of hydrogen-bond acceptors (Lipinski definition) is 3. The van der Waals surface area contributed by atoms with Crippen LogP contribution in [0.4, 0.5) is 4.39 Å². The normalized spacial score (nSPS) is 12.6. The predicted molar refractivity (Wildman–Crippen MR) is 99.5 cm³/mol. The van der Waals surface area contributed by atoms with Crippen molar-refractivity contribution in [2.75, 3.05) is 6.54 Å². The minimum absolute atomic E-state index is 0. The number of rotatable bonds is 8. The van der Waals surface area contributed by atoms with Crippen molar-refractivity contribution in [1.29, 1.82) is 0 Å². The summed E-state index contributed by atoms with van der Waals surface area (Å²) in [5.74, 6) is -0.468. The van der Waals surface area contributed by atoms with Crippen LogP contribution in [0.15, 0.2) is 54.6 Å². The van der Waals surface area contributed by atoms with E-state index in [1.165, 1.54) is 6.07 Å². The van der Waals surface area contributed by atoms with E-state index < -0.39 is 11.9 Å². The molecule has 0 heterocycles. The Labute approximate surface area is 154 Å². The summed E-state index contributed by atoms with van der Waals surface area (Å²) >= 11 is 0. The molecule has 0 spiro atoms. The first-order valence-corrected chi connectivity index (χ1v) is 8.08. The van der Waals surface area contributed by atoms with Gasteiger partial charge in [0.15, 0.2) is 11.6 Å². The van der Waals surface area contributed by atoms with Crippen molar-refractivity contribution >= 4 is 18.3 Å². The molecule has 25 heavy (non-hydrogen) atoms. The van der Waals surface area contributed by atoms with Crippen LogP contribution in [0.1, 0.15) is 18.9 Å². The van der Waals surface area contributed by atoms with Gasteiger partial charge in [-0.1, -0.05) is 49.4 Å². The molecular weight excluding hydrogens is 343 g/mol. The molecule has 0 aliphatic rings. The van der Waals surface area contributed by atoms with Gasteiger partial charge in [-0.15, -0.1) is 12.4 Å². The highest BCUT2D eigenvalue weighted by Crippen LogP contribution is 2.17. The van der Waals surface area contributed by atoms with Crippen molar-refractivity contribution in [3.05, 3.63) is 66.0 Å². The second-order valence-electron chi connectivity index (χ2n) is 5.62. The summed E-state index contributed by atoms with van der Waals surface area (Å²) in [5.41, 5.74) is 6.95. The topological polar surface area (TPSA) is 64.4 Å². The Balaban J connectivity index is 0.00000312. The van der Waals surface area contributed by atoms with E-state index >= 15 is 0 Å². The molecule has 4 nitrogen and oxygen atoms in total. The van der Waals surface area contributed by atoms with Gasteiger partial charge >= 0.3 is 0 Å². The molecule has 0 saturated carbocycles. The number of halogens is 2. The van der Waals surface area contributed by atoms with Crippen molar-refractivity contribution in [3.63, 3.8) is 0 Å². The first-order valence-electron chi connectivity index (χ1n) is 8.08. The first kappa shape index (κ1) is 20.9. The molecule has 6 heteroatoms. The Kier molecular flexibility index (Phi) is 8.95. The highest BCUT2D eigenvalue weighted by molar-refractivity contribution is 5.85. The summed E-state index contributed by atoms with van der Waals surface area (Å²) in [6.07, 6.45) is 0.801. The molecule has 2 atom stereocenters. The van der Waals surface area contributed by atoms with Crippen molar-refractivity contribution in [2.24, 2.45) is 5.73 Å². The Morgan fingerprint density at radius 3 is 2.44 bits per heavy atom. The minimum atomic E-state index is -0.627. The summed E-state index contributed by atoms with van der Waals surface area (Å²) in [4.78, 5) is 12.1. The van der Waals surface area contributed by atoms with Crippen LogP contribution < -0.4 is 15.8 Å². The number of carbonyl (C=O) groups is 1. The number of ether oxygens (including phenoxy) is 1. The Bertz CT molecular complexity index is 655.